The molecule has 1 unspecified atom stereocenters. The van der Waals surface area contributed by atoms with Gasteiger partial charge in [0.05, 0.1) is 22.9 Å². The largest absolute Gasteiger partial charge is 0.376 e. The van der Waals surface area contributed by atoms with Gasteiger partial charge in [-0.05, 0) is 74.6 Å². The second-order valence-electron chi connectivity index (χ2n) is 7.32. The van der Waals surface area contributed by atoms with Gasteiger partial charge in [0.2, 0.25) is 0 Å². The van der Waals surface area contributed by atoms with Crippen molar-refractivity contribution in [2.75, 3.05) is 18.1 Å². The highest BCUT2D eigenvalue weighted by Gasteiger charge is 2.27. The molecule has 1 amide bonds. The SMILES string of the molecule is Cc1ccc2nc(N(CC3CCCO3)C(=O)c3ccc(C)c(C)c3)sc2c1. The Bertz CT molecular complexity index is 989. The quantitative estimate of drug-likeness (QED) is 0.636. The van der Waals surface area contributed by atoms with Crippen LogP contribution in [0.2, 0.25) is 0 Å². The summed E-state index contributed by atoms with van der Waals surface area (Å²) in [6.45, 7) is 7.49. The molecule has 4 rings (SSSR count). The number of thiazole rings is 1. The molecule has 1 aliphatic heterocycles. The monoisotopic (exact) mass is 380 g/mol. The molecule has 2 aromatic carbocycles. The zero-order valence-corrected chi connectivity index (χ0v) is 16.8. The van der Waals surface area contributed by atoms with Crippen LogP contribution in [0.1, 0.15) is 39.9 Å². The minimum Gasteiger partial charge on any atom is -0.376 e. The fraction of sp³-hybridized carbons (Fsp3) is 0.364. The number of ether oxygens (including phenoxy) is 1. The average Bonchev–Trinajstić information content (AvgIpc) is 3.30. The van der Waals surface area contributed by atoms with Crippen molar-refractivity contribution in [2.45, 2.75) is 39.7 Å². The molecule has 0 saturated carbocycles. The van der Waals surface area contributed by atoms with E-state index >= 15 is 0 Å². The summed E-state index contributed by atoms with van der Waals surface area (Å²) in [7, 11) is 0. The minimum absolute atomic E-state index is 0.00984. The van der Waals surface area contributed by atoms with Gasteiger partial charge in [-0.15, -0.1) is 0 Å². The van der Waals surface area contributed by atoms with Crippen molar-refractivity contribution in [3.05, 3.63) is 58.7 Å². The van der Waals surface area contributed by atoms with Crippen molar-refractivity contribution in [1.29, 1.82) is 0 Å². The summed E-state index contributed by atoms with van der Waals surface area (Å²) < 4.78 is 6.92. The van der Waals surface area contributed by atoms with Crippen molar-refractivity contribution >= 4 is 32.6 Å². The van der Waals surface area contributed by atoms with Gasteiger partial charge in [-0.25, -0.2) is 4.98 Å². The molecule has 0 aliphatic carbocycles. The molecule has 0 bridgehead atoms. The summed E-state index contributed by atoms with van der Waals surface area (Å²) >= 11 is 1.57. The van der Waals surface area contributed by atoms with Crippen LogP contribution in [0.4, 0.5) is 5.13 Å². The van der Waals surface area contributed by atoms with Crippen LogP contribution < -0.4 is 4.90 Å². The summed E-state index contributed by atoms with van der Waals surface area (Å²) in [5.41, 5.74) is 5.15. The second-order valence-corrected chi connectivity index (χ2v) is 8.33. The van der Waals surface area contributed by atoms with Crippen LogP contribution in [0.5, 0.6) is 0 Å². The van der Waals surface area contributed by atoms with E-state index in [4.69, 9.17) is 9.72 Å². The number of hydrogen-bond donors (Lipinski definition) is 0. The van der Waals surface area contributed by atoms with E-state index < -0.39 is 0 Å². The Morgan fingerprint density at radius 2 is 2.04 bits per heavy atom. The molecule has 0 spiro atoms. The summed E-state index contributed by atoms with van der Waals surface area (Å²) in [5.74, 6) is -0.00984. The maximum absolute atomic E-state index is 13.4. The predicted octanol–water partition coefficient (Wildman–Crippen LogP) is 5.05. The smallest absolute Gasteiger partial charge is 0.260 e. The van der Waals surface area contributed by atoms with Gasteiger partial charge in [0.25, 0.3) is 5.91 Å². The van der Waals surface area contributed by atoms with Gasteiger partial charge in [0.15, 0.2) is 5.13 Å². The number of aryl methyl sites for hydroxylation is 3. The van der Waals surface area contributed by atoms with E-state index in [0.717, 1.165) is 40.4 Å². The Balaban J connectivity index is 1.72. The summed E-state index contributed by atoms with van der Waals surface area (Å²) in [5, 5.41) is 0.745. The zero-order chi connectivity index (χ0) is 19.0. The summed E-state index contributed by atoms with van der Waals surface area (Å²) in [6.07, 6.45) is 2.12. The van der Waals surface area contributed by atoms with E-state index in [0.29, 0.717) is 12.1 Å². The Kier molecular flexibility index (Phi) is 4.98. The van der Waals surface area contributed by atoms with Crippen LogP contribution in [0.3, 0.4) is 0 Å². The van der Waals surface area contributed by atoms with Crippen LogP contribution in [0, 0.1) is 20.8 Å². The Hall–Kier alpha value is -2.24. The average molecular weight is 381 g/mol. The zero-order valence-electron chi connectivity index (χ0n) is 16.0. The highest BCUT2D eigenvalue weighted by atomic mass is 32.1. The van der Waals surface area contributed by atoms with Gasteiger partial charge in [-0.2, -0.15) is 0 Å². The van der Waals surface area contributed by atoms with Crippen molar-refractivity contribution < 1.29 is 9.53 Å². The number of fused-ring (bicyclic) bond motifs is 1. The first-order valence-electron chi connectivity index (χ1n) is 9.39. The first-order chi connectivity index (χ1) is 13.0. The predicted molar refractivity (Wildman–Crippen MR) is 111 cm³/mol. The molecule has 4 nitrogen and oxygen atoms in total. The van der Waals surface area contributed by atoms with Crippen molar-refractivity contribution in [2.24, 2.45) is 0 Å². The number of benzene rings is 2. The highest BCUT2D eigenvalue weighted by molar-refractivity contribution is 7.22. The van der Waals surface area contributed by atoms with E-state index in [2.05, 4.69) is 26.0 Å². The number of rotatable bonds is 4. The third kappa shape index (κ3) is 3.75. The lowest BCUT2D eigenvalue weighted by Crippen LogP contribution is -2.37. The molecule has 2 heterocycles. The fourth-order valence-corrected chi connectivity index (χ4v) is 4.48. The summed E-state index contributed by atoms with van der Waals surface area (Å²) in [4.78, 5) is 19.9. The normalized spacial score (nSPS) is 16.8. The molecule has 0 N–H and O–H groups in total. The molecule has 27 heavy (non-hydrogen) atoms. The van der Waals surface area contributed by atoms with Crippen molar-refractivity contribution in [1.82, 2.24) is 4.98 Å². The first kappa shape index (κ1) is 18.1. The molecule has 1 aliphatic rings. The maximum Gasteiger partial charge on any atom is 0.260 e. The fourth-order valence-electron chi connectivity index (χ4n) is 3.41. The van der Waals surface area contributed by atoms with E-state index in [9.17, 15) is 4.79 Å². The van der Waals surface area contributed by atoms with Crippen LogP contribution in [-0.4, -0.2) is 30.1 Å². The first-order valence-corrected chi connectivity index (χ1v) is 10.2. The molecule has 3 aromatic rings. The number of anilines is 1. The lowest BCUT2D eigenvalue weighted by atomic mass is 10.1. The second kappa shape index (κ2) is 7.41. The van der Waals surface area contributed by atoms with Gasteiger partial charge in [-0.3, -0.25) is 9.69 Å². The Morgan fingerprint density at radius 3 is 2.78 bits per heavy atom. The topological polar surface area (TPSA) is 42.4 Å². The number of amides is 1. The number of nitrogens with zero attached hydrogens (tertiary/aromatic N) is 2. The third-order valence-electron chi connectivity index (χ3n) is 5.17. The highest BCUT2D eigenvalue weighted by Crippen LogP contribution is 2.31. The molecule has 5 heteroatoms. The van der Waals surface area contributed by atoms with Crippen molar-refractivity contribution in [3.8, 4) is 0 Å². The van der Waals surface area contributed by atoms with Crippen LogP contribution in [0.15, 0.2) is 36.4 Å². The van der Waals surface area contributed by atoms with Crippen LogP contribution in [-0.2, 0) is 4.74 Å². The molecule has 1 saturated heterocycles. The lowest BCUT2D eigenvalue weighted by Gasteiger charge is -2.23. The number of carbonyl (C=O) groups excluding carboxylic acids is 1. The maximum atomic E-state index is 13.4. The van der Waals surface area contributed by atoms with Gasteiger partial charge >= 0.3 is 0 Å². The molecular formula is C22H24N2O2S. The number of hydrogen-bond acceptors (Lipinski definition) is 4. The standard InChI is InChI=1S/C22H24N2O2S/c1-14-6-9-19-20(11-14)27-22(23-19)24(13-18-5-4-10-26-18)21(25)17-8-7-15(2)16(3)12-17/h6-9,11-12,18H,4-5,10,13H2,1-3H3. The minimum atomic E-state index is -0.00984. The van der Waals surface area contributed by atoms with Crippen LogP contribution >= 0.6 is 11.3 Å². The molecule has 1 fully saturated rings. The Labute approximate surface area is 163 Å². The van der Waals surface area contributed by atoms with Gasteiger partial charge < -0.3 is 4.74 Å². The van der Waals surface area contributed by atoms with E-state index in [1.54, 1.807) is 16.2 Å². The molecule has 0 radical (unpaired) electrons. The van der Waals surface area contributed by atoms with Gasteiger partial charge in [-0.1, -0.05) is 23.5 Å². The molecule has 140 valence electrons. The summed E-state index contributed by atoms with van der Waals surface area (Å²) in [6, 6.07) is 12.1. The molecular weight excluding hydrogens is 356 g/mol. The van der Waals surface area contributed by atoms with Crippen molar-refractivity contribution in [3.63, 3.8) is 0 Å². The number of carbonyl (C=O) groups is 1. The van der Waals surface area contributed by atoms with E-state index in [1.165, 1.54) is 11.1 Å². The van der Waals surface area contributed by atoms with Crippen LogP contribution in [0.25, 0.3) is 10.2 Å². The van der Waals surface area contributed by atoms with E-state index in [-0.39, 0.29) is 12.0 Å². The number of aromatic nitrogens is 1. The van der Waals surface area contributed by atoms with Gasteiger partial charge in [0, 0.05) is 12.2 Å². The third-order valence-corrected chi connectivity index (χ3v) is 6.21. The van der Waals surface area contributed by atoms with E-state index in [1.807, 2.05) is 31.2 Å². The Morgan fingerprint density at radius 1 is 1.19 bits per heavy atom. The molecule has 1 atom stereocenters. The van der Waals surface area contributed by atoms with Gasteiger partial charge in [0.1, 0.15) is 0 Å². The molecule has 1 aromatic heterocycles. The lowest BCUT2D eigenvalue weighted by molar-refractivity contribution is 0.0917.